The highest BCUT2D eigenvalue weighted by Crippen LogP contribution is 2.15. The molecule has 19 heavy (non-hydrogen) atoms. The highest BCUT2D eigenvalue weighted by atomic mass is 16.3. The Hall–Kier alpha value is -1.10. The predicted molar refractivity (Wildman–Crippen MR) is 73.6 cm³/mol. The van der Waals surface area contributed by atoms with Crippen molar-refractivity contribution < 1.29 is 14.7 Å². The zero-order chi connectivity index (χ0) is 14.3. The molecule has 0 saturated carbocycles. The average Bonchev–Trinajstić information content (AvgIpc) is 2.62. The fourth-order valence-corrected chi connectivity index (χ4v) is 2.40. The van der Waals surface area contributed by atoms with Crippen molar-refractivity contribution in [3.8, 4) is 0 Å². The first kappa shape index (κ1) is 16.0. The molecule has 1 saturated heterocycles. The summed E-state index contributed by atoms with van der Waals surface area (Å²) in [4.78, 5) is 25.5. The van der Waals surface area contributed by atoms with Gasteiger partial charge in [-0.25, -0.2) is 0 Å². The zero-order valence-corrected chi connectivity index (χ0v) is 12.1. The molecule has 1 aliphatic rings. The fourth-order valence-electron chi connectivity index (χ4n) is 2.40. The van der Waals surface area contributed by atoms with Gasteiger partial charge in [-0.05, 0) is 25.7 Å². The molecule has 0 aromatic rings. The highest BCUT2D eigenvalue weighted by Gasteiger charge is 2.28. The zero-order valence-electron chi connectivity index (χ0n) is 12.1. The summed E-state index contributed by atoms with van der Waals surface area (Å²) < 4.78 is 0. The van der Waals surface area contributed by atoms with E-state index in [2.05, 4.69) is 5.32 Å². The third-order valence-electron chi connectivity index (χ3n) is 4.07. The van der Waals surface area contributed by atoms with E-state index in [1.807, 2.05) is 13.8 Å². The molecule has 0 aromatic carbocycles. The van der Waals surface area contributed by atoms with Crippen LogP contribution in [0.3, 0.4) is 0 Å². The molecule has 2 amide bonds. The normalized spacial score (nSPS) is 17.2. The van der Waals surface area contributed by atoms with Gasteiger partial charge in [-0.2, -0.15) is 0 Å². The van der Waals surface area contributed by atoms with Crippen LogP contribution in [0.5, 0.6) is 0 Å². The Morgan fingerprint density at radius 3 is 2.58 bits per heavy atom. The van der Waals surface area contributed by atoms with E-state index in [-0.39, 0.29) is 25.0 Å². The van der Waals surface area contributed by atoms with E-state index in [9.17, 15) is 14.7 Å². The highest BCUT2D eigenvalue weighted by molar-refractivity contribution is 5.85. The number of hydrogen-bond acceptors (Lipinski definition) is 3. The third kappa shape index (κ3) is 4.49. The van der Waals surface area contributed by atoms with Crippen LogP contribution in [0.15, 0.2) is 0 Å². The topological polar surface area (TPSA) is 69.6 Å². The maximum Gasteiger partial charge on any atom is 0.240 e. The van der Waals surface area contributed by atoms with Crippen LogP contribution in [0.1, 0.15) is 52.4 Å². The Kier molecular flexibility index (Phi) is 6.28. The summed E-state index contributed by atoms with van der Waals surface area (Å²) in [5.41, 5.74) is -0.550. The number of carbonyl (C=O) groups excluding carboxylic acids is 2. The molecule has 0 unspecified atom stereocenters. The van der Waals surface area contributed by atoms with E-state index in [1.165, 1.54) is 0 Å². The lowest BCUT2D eigenvalue weighted by molar-refractivity contribution is -0.136. The van der Waals surface area contributed by atoms with E-state index in [4.69, 9.17) is 0 Å². The van der Waals surface area contributed by atoms with Crippen molar-refractivity contribution in [2.24, 2.45) is 0 Å². The molecule has 5 heteroatoms. The van der Waals surface area contributed by atoms with E-state index in [1.54, 1.807) is 4.90 Å². The van der Waals surface area contributed by atoms with Gasteiger partial charge in [0.1, 0.15) is 0 Å². The second kappa shape index (κ2) is 7.48. The first-order valence-electron chi connectivity index (χ1n) is 7.26. The van der Waals surface area contributed by atoms with Crippen molar-refractivity contribution in [1.82, 2.24) is 10.2 Å². The number of likely N-dealkylation sites (tertiary alicyclic amines) is 1. The Morgan fingerprint density at radius 2 is 2.00 bits per heavy atom. The van der Waals surface area contributed by atoms with Gasteiger partial charge in [-0.15, -0.1) is 0 Å². The number of hydrogen-bond donors (Lipinski definition) is 2. The number of nitrogens with one attached hydrogen (secondary N) is 1. The average molecular weight is 270 g/mol. The Balaban J connectivity index is 2.56. The van der Waals surface area contributed by atoms with Gasteiger partial charge in [0.2, 0.25) is 11.8 Å². The second-order valence-corrected chi connectivity index (χ2v) is 5.32. The van der Waals surface area contributed by atoms with Crippen molar-refractivity contribution in [2.75, 3.05) is 19.7 Å². The minimum atomic E-state index is -0.550. The summed E-state index contributed by atoms with van der Waals surface area (Å²) in [5.74, 6) is -0.108. The summed E-state index contributed by atoms with van der Waals surface area (Å²) in [6.07, 6.45) is 4.83. The van der Waals surface area contributed by atoms with E-state index in [0.717, 1.165) is 19.3 Å². The molecule has 110 valence electrons. The lowest BCUT2D eigenvalue weighted by Crippen LogP contribution is -2.53. The van der Waals surface area contributed by atoms with Crippen LogP contribution in [0.25, 0.3) is 0 Å². The molecule has 0 aromatic heterocycles. The Morgan fingerprint density at radius 1 is 1.32 bits per heavy atom. The SMILES string of the molecule is CCC(CC)(CO)NC(=O)CN1CCCCCC1=O. The maximum absolute atomic E-state index is 12.0. The van der Waals surface area contributed by atoms with Crippen LogP contribution in [0.4, 0.5) is 0 Å². The molecule has 1 aliphatic heterocycles. The maximum atomic E-state index is 12.0. The molecule has 5 nitrogen and oxygen atoms in total. The van der Waals surface area contributed by atoms with Crippen molar-refractivity contribution in [1.29, 1.82) is 0 Å². The smallest absolute Gasteiger partial charge is 0.240 e. The fraction of sp³-hybridized carbons (Fsp3) is 0.857. The lowest BCUT2D eigenvalue weighted by atomic mass is 9.94. The minimum Gasteiger partial charge on any atom is -0.394 e. The van der Waals surface area contributed by atoms with Gasteiger partial charge >= 0.3 is 0 Å². The number of aliphatic hydroxyl groups is 1. The van der Waals surface area contributed by atoms with Crippen LogP contribution >= 0.6 is 0 Å². The van der Waals surface area contributed by atoms with Gasteiger partial charge in [0.15, 0.2) is 0 Å². The molecule has 0 bridgehead atoms. The van der Waals surface area contributed by atoms with Crippen molar-refractivity contribution in [2.45, 2.75) is 57.9 Å². The largest absolute Gasteiger partial charge is 0.394 e. The molecule has 0 radical (unpaired) electrons. The van der Waals surface area contributed by atoms with Gasteiger partial charge < -0.3 is 15.3 Å². The van der Waals surface area contributed by atoms with Gasteiger partial charge in [0.25, 0.3) is 0 Å². The van der Waals surface area contributed by atoms with Crippen LogP contribution in [-0.4, -0.2) is 47.1 Å². The molecule has 2 N–H and O–H groups in total. The predicted octanol–water partition coefficient (Wildman–Crippen LogP) is 1.06. The number of rotatable bonds is 6. The van der Waals surface area contributed by atoms with Gasteiger partial charge in [0.05, 0.1) is 18.7 Å². The minimum absolute atomic E-state index is 0.0650. The summed E-state index contributed by atoms with van der Waals surface area (Å²) in [7, 11) is 0. The summed E-state index contributed by atoms with van der Waals surface area (Å²) in [6, 6.07) is 0. The Labute approximate surface area is 115 Å². The standard InChI is InChI=1S/C14H26N2O3/c1-3-14(4-2,11-17)15-12(18)10-16-9-7-5-6-8-13(16)19/h17H,3-11H2,1-2H3,(H,15,18). The molecule has 0 atom stereocenters. The van der Waals surface area contributed by atoms with Gasteiger partial charge in [-0.1, -0.05) is 20.3 Å². The first-order chi connectivity index (χ1) is 9.06. The van der Waals surface area contributed by atoms with Gasteiger partial charge in [-0.3, -0.25) is 9.59 Å². The van der Waals surface area contributed by atoms with Crippen LogP contribution in [0, 0.1) is 0 Å². The summed E-state index contributed by atoms with van der Waals surface area (Å²) in [6.45, 7) is 4.59. The third-order valence-corrected chi connectivity index (χ3v) is 4.07. The summed E-state index contributed by atoms with van der Waals surface area (Å²) >= 11 is 0. The number of amides is 2. The van der Waals surface area contributed by atoms with Crippen LogP contribution in [0.2, 0.25) is 0 Å². The summed E-state index contributed by atoms with van der Waals surface area (Å²) in [5, 5.41) is 12.3. The monoisotopic (exact) mass is 270 g/mol. The molecule has 1 fully saturated rings. The molecule has 1 rings (SSSR count). The number of carbonyl (C=O) groups is 2. The molecule has 1 heterocycles. The van der Waals surface area contributed by atoms with Crippen LogP contribution in [-0.2, 0) is 9.59 Å². The van der Waals surface area contributed by atoms with Crippen molar-refractivity contribution in [3.05, 3.63) is 0 Å². The van der Waals surface area contributed by atoms with E-state index >= 15 is 0 Å². The lowest BCUT2D eigenvalue weighted by Gasteiger charge is -2.32. The van der Waals surface area contributed by atoms with Crippen molar-refractivity contribution in [3.63, 3.8) is 0 Å². The second-order valence-electron chi connectivity index (χ2n) is 5.32. The van der Waals surface area contributed by atoms with Crippen LogP contribution < -0.4 is 5.32 Å². The molecular weight excluding hydrogens is 244 g/mol. The number of nitrogens with zero attached hydrogens (tertiary/aromatic N) is 1. The van der Waals surface area contributed by atoms with Gasteiger partial charge in [0, 0.05) is 13.0 Å². The molecule has 0 spiro atoms. The quantitative estimate of drug-likeness (QED) is 0.758. The molecular formula is C14H26N2O3. The van der Waals surface area contributed by atoms with E-state index < -0.39 is 5.54 Å². The van der Waals surface area contributed by atoms with Crippen molar-refractivity contribution >= 4 is 11.8 Å². The Bertz CT molecular complexity index is 306. The van der Waals surface area contributed by atoms with E-state index in [0.29, 0.717) is 25.8 Å². The first-order valence-corrected chi connectivity index (χ1v) is 7.26. The number of aliphatic hydroxyl groups excluding tert-OH is 1. The molecule has 0 aliphatic carbocycles.